The first-order valence-corrected chi connectivity index (χ1v) is 4.66. The Hall–Kier alpha value is -1.42. The lowest BCUT2D eigenvalue weighted by Crippen LogP contribution is -2.17. The predicted molar refractivity (Wildman–Crippen MR) is 55.9 cm³/mol. The number of ketones is 1. The number of carbonyl (C=O) groups excluding carboxylic acids is 1. The van der Waals surface area contributed by atoms with Gasteiger partial charge in [0.1, 0.15) is 11.9 Å². The molecule has 0 bridgehead atoms. The van der Waals surface area contributed by atoms with Crippen molar-refractivity contribution in [2.45, 2.75) is 13.1 Å². The first-order chi connectivity index (χ1) is 7.11. The molecule has 0 saturated carbocycles. The summed E-state index contributed by atoms with van der Waals surface area (Å²) < 4.78 is 18.3. The van der Waals surface area contributed by atoms with E-state index in [1.807, 2.05) is 0 Å². The molecule has 1 rings (SSSR count). The third-order valence-corrected chi connectivity index (χ3v) is 2.17. The molecule has 15 heavy (non-hydrogen) atoms. The van der Waals surface area contributed by atoms with Gasteiger partial charge in [-0.2, -0.15) is 0 Å². The Labute approximate surface area is 88.0 Å². The fraction of sp³-hybridized carbons (Fsp3) is 0.364. The molecule has 82 valence electrons. The second-order valence-electron chi connectivity index (χ2n) is 3.17. The van der Waals surface area contributed by atoms with Gasteiger partial charge in [0.25, 0.3) is 0 Å². The summed E-state index contributed by atoms with van der Waals surface area (Å²) >= 11 is 0. The molecule has 1 aromatic rings. The van der Waals surface area contributed by atoms with E-state index in [9.17, 15) is 9.18 Å². The van der Waals surface area contributed by atoms with Gasteiger partial charge in [0.2, 0.25) is 0 Å². The number of carbonyl (C=O) groups is 1. The highest BCUT2D eigenvalue weighted by Gasteiger charge is 2.19. The molecule has 0 aliphatic carbocycles. The van der Waals surface area contributed by atoms with Crippen LogP contribution in [0, 0.1) is 0 Å². The molecule has 0 amide bonds. The van der Waals surface area contributed by atoms with E-state index < -0.39 is 6.17 Å². The summed E-state index contributed by atoms with van der Waals surface area (Å²) in [6, 6.07) is 4.84. The van der Waals surface area contributed by atoms with E-state index in [1.165, 1.54) is 14.0 Å². The van der Waals surface area contributed by atoms with Crippen LogP contribution in [0.2, 0.25) is 0 Å². The number of Topliss-reactive ketones (excluding diaryl/α,β-unsaturated/α-hetero) is 1. The van der Waals surface area contributed by atoms with Gasteiger partial charge in [-0.1, -0.05) is 12.1 Å². The molecule has 1 unspecified atom stereocenters. The average Bonchev–Trinajstić information content (AvgIpc) is 2.26. The first-order valence-electron chi connectivity index (χ1n) is 4.66. The molecule has 2 N–H and O–H groups in total. The zero-order chi connectivity index (χ0) is 11.4. The Morgan fingerprint density at radius 3 is 2.73 bits per heavy atom. The number of ether oxygens (including phenoxy) is 1. The number of halogens is 1. The quantitative estimate of drug-likeness (QED) is 0.773. The summed E-state index contributed by atoms with van der Waals surface area (Å²) in [6.07, 6.45) is -1.22. The molecule has 0 saturated heterocycles. The van der Waals surface area contributed by atoms with E-state index in [1.54, 1.807) is 18.2 Å². The summed E-state index contributed by atoms with van der Waals surface area (Å²) in [5.41, 5.74) is 5.84. The van der Waals surface area contributed by atoms with Crippen LogP contribution >= 0.6 is 0 Å². The highest BCUT2D eigenvalue weighted by molar-refractivity contribution is 6.01. The van der Waals surface area contributed by atoms with Crippen LogP contribution in [0.25, 0.3) is 0 Å². The van der Waals surface area contributed by atoms with Gasteiger partial charge in [-0.25, -0.2) is 4.39 Å². The summed E-state index contributed by atoms with van der Waals surface area (Å²) in [6.45, 7) is 1.22. The number of benzene rings is 1. The molecule has 3 nitrogen and oxygen atoms in total. The van der Waals surface area contributed by atoms with Crippen molar-refractivity contribution in [2.24, 2.45) is 5.73 Å². The second-order valence-corrected chi connectivity index (χ2v) is 3.17. The van der Waals surface area contributed by atoms with Gasteiger partial charge in [-0.15, -0.1) is 0 Å². The largest absolute Gasteiger partial charge is 0.496 e. The number of hydrogen-bond donors (Lipinski definition) is 1. The van der Waals surface area contributed by atoms with Crippen LogP contribution in [0.5, 0.6) is 5.75 Å². The molecular weight excluding hydrogens is 197 g/mol. The minimum Gasteiger partial charge on any atom is -0.496 e. The summed E-state index contributed by atoms with van der Waals surface area (Å²) in [7, 11) is 1.44. The van der Waals surface area contributed by atoms with E-state index in [0.717, 1.165) is 0 Å². The van der Waals surface area contributed by atoms with Crippen molar-refractivity contribution in [1.82, 2.24) is 0 Å². The summed E-state index contributed by atoms with van der Waals surface area (Å²) in [5, 5.41) is 0. The van der Waals surface area contributed by atoms with Crippen molar-refractivity contribution in [3.8, 4) is 5.75 Å². The normalized spacial score (nSPS) is 12.3. The van der Waals surface area contributed by atoms with E-state index >= 15 is 0 Å². The summed E-state index contributed by atoms with van der Waals surface area (Å²) in [4.78, 5) is 11.5. The molecule has 0 aromatic heterocycles. The molecule has 0 radical (unpaired) electrons. The maximum Gasteiger partial charge on any atom is 0.180 e. The number of methoxy groups -OCH3 is 1. The topological polar surface area (TPSA) is 52.3 Å². The monoisotopic (exact) mass is 211 g/mol. The molecule has 0 fully saturated rings. The van der Waals surface area contributed by atoms with Gasteiger partial charge < -0.3 is 10.5 Å². The van der Waals surface area contributed by atoms with Crippen molar-refractivity contribution in [1.29, 1.82) is 0 Å². The van der Waals surface area contributed by atoms with E-state index in [-0.39, 0.29) is 17.9 Å². The van der Waals surface area contributed by atoms with Gasteiger partial charge in [0.05, 0.1) is 19.2 Å². The molecule has 0 spiro atoms. The van der Waals surface area contributed by atoms with Crippen LogP contribution in [-0.4, -0.2) is 19.4 Å². The second kappa shape index (κ2) is 4.89. The number of rotatable bonds is 4. The van der Waals surface area contributed by atoms with E-state index in [0.29, 0.717) is 11.3 Å². The first kappa shape index (κ1) is 11.7. The molecule has 0 aliphatic rings. The van der Waals surface area contributed by atoms with Crippen LogP contribution in [-0.2, 0) is 0 Å². The zero-order valence-corrected chi connectivity index (χ0v) is 8.79. The van der Waals surface area contributed by atoms with Crippen molar-refractivity contribution in [2.75, 3.05) is 13.7 Å². The Morgan fingerprint density at radius 1 is 1.60 bits per heavy atom. The van der Waals surface area contributed by atoms with Crippen LogP contribution in [0.3, 0.4) is 0 Å². The lowest BCUT2D eigenvalue weighted by molar-refractivity contribution is 0.0995. The van der Waals surface area contributed by atoms with Crippen molar-refractivity contribution < 1.29 is 13.9 Å². The molecule has 0 heterocycles. The SMILES string of the molecule is COc1cccc(C(C)F)c1C(=O)CN. The van der Waals surface area contributed by atoms with Crippen molar-refractivity contribution in [3.05, 3.63) is 29.3 Å². The lowest BCUT2D eigenvalue weighted by atomic mass is 9.99. The third kappa shape index (κ3) is 2.33. The standard InChI is InChI=1S/C11H14FNO2/c1-7(12)8-4-3-5-10(15-2)11(8)9(14)6-13/h3-5,7H,6,13H2,1-2H3. The Balaban J connectivity index is 3.33. The Morgan fingerprint density at radius 2 is 2.27 bits per heavy atom. The summed E-state index contributed by atoms with van der Waals surface area (Å²) in [5.74, 6) is 0.0550. The zero-order valence-electron chi connectivity index (χ0n) is 8.79. The molecule has 1 aromatic carbocycles. The molecule has 1 atom stereocenters. The minimum absolute atomic E-state index is 0.153. The highest BCUT2D eigenvalue weighted by atomic mass is 19.1. The fourth-order valence-electron chi connectivity index (χ4n) is 1.45. The fourth-order valence-corrected chi connectivity index (χ4v) is 1.45. The van der Waals surface area contributed by atoms with Crippen LogP contribution in [0.15, 0.2) is 18.2 Å². The number of alkyl halides is 1. The molecule has 4 heteroatoms. The number of hydrogen-bond acceptors (Lipinski definition) is 3. The van der Waals surface area contributed by atoms with Crippen LogP contribution in [0.1, 0.15) is 29.0 Å². The smallest absolute Gasteiger partial charge is 0.180 e. The third-order valence-electron chi connectivity index (χ3n) is 2.17. The predicted octanol–water partition coefficient (Wildman–Crippen LogP) is 1.87. The molecule has 0 aliphatic heterocycles. The minimum atomic E-state index is -1.22. The van der Waals surface area contributed by atoms with Crippen molar-refractivity contribution in [3.63, 3.8) is 0 Å². The number of nitrogens with two attached hydrogens (primary N) is 1. The highest BCUT2D eigenvalue weighted by Crippen LogP contribution is 2.28. The maximum atomic E-state index is 13.3. The Kier molecular flexibility index (Phi) is 3.80. The average molecular weight is 211 g/mol. The van der Waals surface area contributed by atoms with Gasteiger partial charge in [0.15, 0.2) is 5.78 Å². The van der Waals surface area contributed by atoms with E-state index in [4.69, 9.17) is 10.5 Å². The van der Waals surface area contributed by atoms with Gasteiger partial charge in [-0.05, 0) is 13.0 Å². The van der Waals surface area contributed by atoms with E-state index in [2.05, 4.69) is 0 Å². The van der Waals surface area contributed by atoms with Gasteiger partial charge >= 0.3 is 0 Å². The van der Waals surface area contributed by atoms with Gasteiger partial charge in [0, 0.05) is 5.56 Å². The van der Waals surface area contributed by atoms with Gasteiger partial charge in [-0.3, -0.25) is 4.79 Å². The van der Waals surface area contributed by atoms with Crippen LogP contribution in [0.4, 0.5) is 4.39 Å². The lowest BCUT2D eigenvalue weighted by Gasteiger charge is -2.12. The maximum absolute atomic E-state index is 13.3. The van der Waals surface area contributed by atoms with Crippen molar-refractivity contribution >= 4 is 5.78 Å². The Bertz CT molecular complexity index is 364. The van der Waals surface area contributed by atoms with Crippen LogP contribution < -0.4 is 10.5 Å². The molecular formula is C11H14FNO2.